The highest BCUT2D eigenvalue weighted by Crippen LogP contribution is 2.25. The summed E-state index contributed by atoms with van der Waals surface area (Å²) in [6.45, 7) is 6.34. The number of likely N-dealkylation sites (tertiary alicyclic amines) is 1. The number of aliphatic hydroxyl groups is 1. The monoisotopic (exact) mass is 170 g/mol. The first kappa shape index (κ1) is 8.48. The molecule has 2 rings (SSSR count). The smallest absolute Gasteiger partial charge is 0.0443 e. The molecule has 2 aliphatic rings. The molecule has 2 fully saturated rings. The molecule has 0 radical (unpaired) electrons. The lowest BCUT2D eigenvalue weighted by atomic mass is 10.0. The van der Waals surface area contributed by atoms with Crippen molar-refractivity contribution < 1.29 is 5.11 Å². The van der Waals surface area contributed by atoms with E-state index in [9.17, 15) is 0 Å². The molecule has 2 atom stereocenters. The van der Waals surface area contributed by atoms with E-state index in [0.717, 1.165) is 24.8 Å². The summed E-state index contributed by atoms with van der Waals surface area (Å²) in [7, 11) is 0. The first-order valence-electron chi connectivity index (χ1n) is 4.94. The quantitative estimate of drug-likeness (QED) is 0.600. The zero-order valence-electron chi connectivity index (χ0n) is 7.50. The summed E-state index contributed by atoms with van der Waals surface area (Å²) in [6.07, 6.45) is 0.937. The van der Waals surface area contributed by atoms with E-state index in [4.69, 9.17) is 5.11 Å². The highest BCUT2D eigenvalue weighted by molar-refractivity contribution is 4.90. The predicted octanol–water partition coefficient (Wildman–Crippen LogP) is -0.480. The largest absolute Gasteiger partial charge is 0.396 e. The summed E-state index contributed by atoms with van der Waals surface area (Å²) in [6, 6.07) is 0. The van der Waals surface area contributed by atoms with Crippen LogP contribution in [0.2, 0.25) is 0 Å². The van der Waals surface area contributed by atoms with Gasteiger partial charge in [-0.25, -0.2) is 0 Å². The Labute approximate surface area is 73.8 Å². The Bertz CT molecular complexity index is 139. The minimum absolute atomic E-state index is 0.337. The molecule has 0 aromatic carbocycles. The van der Waals surface area contributed by atoms with Gasteiger partial charge in [-0.2, -0.15) is 0 Å². The maximum Gasteiger partial charge on any atom is 0.0443 e. The normalized spacial score (nSPS) is 35.8. The van der Waals surface area contributed by atoms with E-state index < -0.39 is 0 Å². The minimum atomic E-state index is 0.337. The van der Waals surface area contributed by atoms with Crippen molar-refractivity contribution in [3.63, 3.8) is 0 Å². The third-order valence-corrected chi connectivity index (χ3v) is 3.10. The molecule has 2 N–H and O–H groups in total. The van der Waals surface area contributed by atoms with Crippen molar-refractivity contribution >= 4 is 0 Å². The summed E-state index contributed by atoms with van der Waals surface area (Å²) < 4.78 is 0. The fraction of sp³-hybridized carbons (Fsp3) is 1.00. The minimum Gasteiger partial charge on any atom is -0.396 e. The first-order valence-corrected chi connectivity index (χ1v) is 4.94. The average Bonchev–Trinajstić information content (AvgIpc) is 2.58. The molecular formula is C9H18N2O. The first-order chi connectivity index (χ1) is 5.90. The Morgan fingerprint density at radius 1 is 1.25 bits per heavy atom. The van der Waals surface area contributed by atoms with Gasteiger partial charge in [-0.1, -0.05) is 0 Å². The van der Waals surface area contributed by atoms with Gasteiger partial charge in [0.2, 0.25) is 0 Å². The molecule has 0 spiro atoms. The molecule has 0 unspecified atom stereocenters. The molecular weight excluding hydrogens is 152 g/mol. The van der Waals surface area contributed by atoms with Gasteiger partial charge in [-0.3, -0.25) is 0 Å². The molecule has 3 heteroatoms. The van der Waals surface area contributed by atoms with Crippen LogP contribution in [0.25, 0.3) is 0 Å². The van der Waals surface area contributed by atoms with E-state index in [2.05, 4.69) is 10.2 Å². The molecule has 0 aromatic rings. The van der Waals surface area contributed by atoms with Crippen LogP contribution >= 0.6 is 0 Å². The van der Waals surface area contributed by atoms with Crippen LogP contribution in [0.15, 0.2) is 0 Å². The van der Waals surface area contributed by atoms with E-state index in [-0.39, 0.29) is 0 Å². The Morgan fingerprint density at radius 3 is 2.50 bits per heavy atom. The summed E-state index contributed by atoms with van der Waals surface area (Å²) in [5, 5.41) is 12.1. The molecule has 0 saturated carbocycles. The average molecular weight is 170 g/mol. The molecule has 3 nitrogen and oxygen atoms in total. The lowest BCUT2D eigenvalue weighted by molar-refractivity contribution is 0.240. The van der Waals surface area contributed by atoms with Gasteiger partial charge < -0.3 is 15.3 Å². The second-order valence-corrected chi connectivity index (χ2v) is 4.02. The van der Waals surface area contributed by atoms with Gasteiger partial charge >= 0.3 is 0 Å². The van der Waals surface area contributed by atoms with Crippen LogP contribution in [-0.4, -0.2) is 49.3 Å². The van der Waals surface area contributed by atoms with E-state index >= 15 is 0 Å². The second-order valence-electron chi connectivity index (χ2n) is 4.02. The van der Waals surface area contributed by atoms with Crippen molar-refractivity contribution in [3.05, 3.63) is 0 Å². The molecule has 0 bridgehead atoms. The SMILES string of the molecule is OCCCN1C[C@H]2CNC[C@H]2C1. The molecule has 0 aliphatic carbocycles. The van der Waals surface area contributed by atoms with Crippen LogP contribution in [0.5, 0.6) is 0 Å². The van der Waals surface area contributed by atoms with Gasteiger partial charge in [0.25, 0.3) is 0 Å². The molecule has 2 saturated heterocycles. The van der Waals surface area contributed by atoms with Gasteiger partial charge in [0.15, 0.2) is 0 Å². The van der Waals surface area contributed by atoms with Crippen molar-refractivity contribution in [1.29, 1.82) is 0 Å². The summed E-state index contributed by atoms with van der Waals surface area (Å²) >= 11 is 0. The van der Waals surface area contributed by atoms with E-state index in [1.807, 2.05) is 0 Å². The molecule has 0 aromatic heterocycles. The maximum absolute atomic E-state index is 8.69. The standard InChI is InChI=1S/C9H18N2O/c12-3-1-2-11-6-8-4-10-5-9(8)7-11/h8-10,12H,1-7H2/t8-,9+. The van der Waals surface area contributed by atoms with Crippen molar-refractivity contribution in [2.24, 2.45) is 11.8 Å². The summed E-state index contributed by atoms with van der Waals surface area (Å²) in [5.41, 5.74) is 0. The zero-order chi connectivity index (χ0) is 8.39. The highest BCUT2D eigenvalue weighted by Gasteiger charge is 2.35. The summed E-state index contributed by atoms with van der Waals surface area (Å²) in [5.74, 6) is 1.78. The van der Waals surface area contributed by atoms with Crippen LogP contribution in [-0.2, 0) is 0 Å². The van der Waals surface area contributed by atoms with Crippen molar-refractivity contribution in [2.45, 2.75) is 6.42 Å². The molecule has 12 heavy (non-hydrogen) atoms. The van der Waals surface area contributed by atoms with Crippen LogP contribution < -0.4 is 5.32 Å². The second kappa shape index (κ2) is 3.73. The third kappa shape index (κ3) is 1.63. The number of aliphatic hydroxyl groups excluding tert-OH is 1. The van der Waals surface area contributed by atoms with Crippen LogP contribution in [0.3, 0.4) is 0 Å². The molecule has 2 heterocycles. The third-order valence-electron chi connectivity index (χ3n) is 3.10. The maximum atomic E-state index is 8.69. The zero-order valence-corrected chi connectivity index (χ0v) is 7.50. The van der Waals surface area contributed by atoms with Crippen LogP contribution in [0.4, 0.5) is 0 Å². The van der Waals surface area contributed by atoms with E-state index in [1.54, 1.807) is 0 Å². The van der Waals surface area contributed by atoms with E-state index in [1.165, 1.54) is 26.2 Å². The fourth-order valence-corrected chi connectivity index (χ4v) is 2.43. The Morgan fingerprint density at radius 2 is 1.92 bits per heavy atom. The number of hydrogen-bond acceptors (Lipinski definition) is 3. The topological polar surface area (TPSA) is 35.5 Å². The lowest BCUT2D eigenvalue weighted by Crippen LogP contribution is -2.27. The highest BCUT2D eigenvalue weighted by atomic mass is 16.3. The molecule has 70 valence electrons. The molecule has 2 aliphatic heterocycles. The Kier molecular flexibility index (Phi) is 2.63. The van der Waals surface area contributed by atoms with Gasteiger partial charge in [0, 0.05) is 26.2 Å². The van der Waals surface area contributed by atoms with Gasteiger partial charge in [-0.05, 0) is 31.3 Å². The number of nitrogens with one attached hydrogen (secondary N) is 1. The van der Waals surface area contributed by atoms with Gasteiger partial charge in [0.1, 0.15) is 0 Å². The lowest BCUT2D eigenvalue weighted by Gasteiger charge is -2.15. The van der Waals surface area contributed by atoms with Crippen LogP contribution in [0, 0.1) is 11.8 Å². The van der Waals surface area contributed by atoms with Gasteiger partial charge in [-0.15, -0.1) is 0 Å². The number of hydrogen-bond donors (Lipinski definition) is 2. The number of rotatable bonds is 3. The fourth-order valence-electron chi connectivity index (χ4n) is 2.43. The molecule has 0 amide bonds. The van der Waals surface area contributed by atoms with Crippen molar-refractivity contribution in [3.8, 4) is 0 Å². The Balaban J connectivity index is 1.75. The van der Waals surface area contributed by atoms with Gasteiger partial charge in [0.05, 0.1) is 0 Å². The number of fused-ring (bicyclic) bond motifs is 1. The Hall–Kier alpha value is -0.120. The van der Waals surface area contributed by atoms with Crippen LogP contribution in [0.1, 0.15) is 6.42 Å². The van der Waals surface area contributed by atoms with E-state index in [0.29, 0.717) is 6.61 Å². The van der Waals surface area contributed by atoms with Crippen molar-refractivity contribution in [1.82, 2.24) is 10.2 Å². The predicted molar refractivity (Wildman–Crippen MR) is 48.0 cm³/mol. The number of nitrogens with zero attached hydrogens (tertiary/aromatic N) is 1. The summed E-state index contributed by atoms with van der Waals surface area (Å²) in [4.78, 5) is 2.49. The van der Waals surface area contributed by atoms with Crippen molar-refractivity contribution in [2.75, 3.05) is 39.3 Å².